The average molecular weight is 283 g/mol. The second-order valence-electron chi connectivity index (χ2n) is 5.47. The molecular formula is C17H21N3O. The van der Waals surface area contributed by atoms with E-state index in [4.69, 9.17) is 4.42 Å². The molecular weight excluding hydrogens is 262 g/mol. The molecule has 0 aliphatic carbocycles. The van der Waals surface area contributed by atoms with E-state index in [0.717, 1.165) is 37.7 Å². The number of anilines is 1. The third kappa shape index (κ3) is 3.45. The van der Waals surface area contributed by atoms with Crippen molar-refractivity contribution in [3.05, 3.63) is 53.5 Å². The summed E-state index contributed by atoms with van der Waals surface area (Å²) >= 11 is 0. The van der Waals surface area contributed by atoms with Gasteiger partial charge in [0.25, 0.3) is 0 Å². The van der Waals surface area contributed by atoms with Crippen molar-refractivity contribution >= 4 is 11.9 Å². The van der Waals surface area contributed by atoms with Crippen LogP contribution in [-0.2, 0) is 0 Å². The van der Waals surface area contributed by atoms with Gasteiger partial charge < -0.3 is 9.32 Å². The van der Waals surface area contributed by atoms with Crippen LogP contribution < -0.4 is 4.90 Å². The molecule has 4 nitrogen and oxygen atoms in total. The minimum Gasteiger partial charge on any atom is -0.460 e. The minimum atomic E-state index is 0.813. The van der Waals surface area contributed by atoms with Gasteiger partial charge in [-0.2, -0.15) is 5.10 Å². The van der Waals surface area contributed by atoms with Crippen LogP contribution in [0.25, 0.3) is 0 Å². The maximum Gasteiger partial charge on any atom is 0.147 e. The van der Waals surface area contributed by atoms with Gasteiger partial charge in [0, 0.05) is 18.8 Å². The molecule has 0 amide bonds. The zero-order valence-electron chi connectivity index (χ0n) is 12.6. The second-order valence-corrected chi connectivity index (χ2v) is 5.47. The number of hydrogen-bond acceptors (Lipinski definition) is 4. The summed E-state index contributed by atoms with van der Waals surface area (Å²) in [5.41, 5.74) is 2.60. The number of nitrogens with zero attached hydrogens (tertiary/aromatic N) is 3. The number of hydrazone groups is 1. The molecule has 0 saturated carbocycles. The van der Waals surface area contributed by atoms with Gasteiger partial charge in [-0.1, -0.05) is 17.7 Å². The number of aryl methyl sites for hydroxylation is 2. The summed E-state index contributed by atoms with van der Waals surface area (Å²) in [4.78, 5) is 2.41. The molecule has 0 unspecified atom stereocenters. The van der Waals surface area contributed by atoms with Gasteiger partial charge >= 0.3 is 0 Å². The highest BCUT2D eigenvalue weighted by Crippen LogP contribution is 2.17. The first-order valence-corrected chi connectivity index (χ1v) is 7.38. The Morgan fingerprint density at radius 3 is 2.29 bits per heavy atom. The molecule has 1 saturated heterocycles. The van der Waals surface area contributed by atoms with E-state index in [9.17, 15) is 0 Å². The molecule has 0 bridgehead atoms. The molecule has 0 spiro atoms. The standard InChI is InChI=1S/C17H21N3O/c1-14-3-6-16(7-4-14)19-9-11-20(12-10-19)18-13-17-8-5-15(2)21-17/h3-8,13H,9-12H2,1-2H3/b18-13-. The Hall–Kier alpha value is -2.23. The van der Waals surface area contributed by atoms with Gasteiger partial charge in [0.1, 0.15) is 11.5 Å². The molecule has 1 aromatic carbocycles. The molecule has 1 aliphatic rings. The maximum atomic E-state index is 5.49. The predicted molar refractivity (Wildman–Crippen MR) is 86.0 cm³/mol. The number of benzene rings is 1. The minimum absolute atomic E-state index is 0.813. The van der Waals surface area contributed by atoms with Gasteiger partial charge in [-0.3, -0.25) is 5.01 Å². The van der Waals surface area contributed by atoms with Gasteiger partial charge in [-0.25, -0.2) is 0 Å². The van der Waals surface area contributed by atoms with Gasteiger partial charge in [0.15, 0.2) is 0 Å². The fraction of sp³-hybridized carbons (Fsp3) is 0.353. The largest absolute Gasteiger partial charge is 0.460 e. The van der Waals surface area contributed by atoms with Crippen molar-refractivity contribution in [3.63, 3.8) is 0 Å². The first-order chi connectivity index (χ1) is 10.2. The van der Waals surface area contributed by atoms with Crippen molar-refractivity contribution in [2.45, 2.75) is 13.8 Å². The van der Waals surface area contributed by atoms with Crippen LogP contribution in [-0.4, -0.2) is 37.4 Å². The monoisotopic (exact) mass is 283 g/mol. The van der Waals surface area contributed by atoms with Crippen molar-refractivity contribution in [3.8, 4) is 0 Å². The summed E-state index contributed by atoms with van der Waals surface area (Å²) in [5.74, 6) is 1.73. The van der Waals surface area contributed by atoms with E-state index in [0.29, 0.717) is 0 Å². The first kappa shape index (κ1) is 13.7. The lowest BCUT2D eigenvalue weighted by molar-refractivity contribution is 0.271. The molecule has 0 N–H and O–H groups in total. The Kier molecular flexibility index (Phi) is 3.95. The summed E-state index contributed by atoms with van der Waals surface area (Å²) in [7, 11) is 0. The molecule has 1 fully saturated rings. The van der Waals surface area contributed by atoms with Crippen molar-refractivity contribution in [2.75, 3.05) is 31.1 Å². The number of piperazine rings is 1. The Labute approximate surface area is 125 Å². The fourth-order valence-electron chi connectivity index (χ4n) is 2.49. The summed E-state index contributed by atoms with van der Waals surface area (Å²) in [6, 6.07) is 12.6. The molecule has 21 heavy (non-hydrogen) atoms. The lowest BCUT2D eigenvalue weighted by Gasteiger charge is -2.34. The van der Waals surface area contributed by atoms with Crippen LogP contribution >= 0.6 is 0 Å². The average Bonchev–Trinajstić information content (AvgIpc) is 2.92. The third-order valence-electron chi connectivity index (χ3n) is 3.76. The molecule has 0 atom stereocenters. The Balaban J connectivity index is 1.55. The highest BCUT2D eigenvalue weighted by atomic mass is 16.3. The van der Waals surface area contributed by atoms with Gasteiger partial charge in [-0.05, 0) is 38.1 Å². The van der Waals surface area contributed by atoms with Crippen LogP contribution in [0.3, 0.4) is 0 Å². The van der Waals surface area contributed by atoms with E-state index >= 15 is 0 Å². The Bertz CT molecular complexity index is 607. The number of hydrogen-bond donors (Lipinski definition) is 0. The third-order valence-corrected chi connectivity index (χ3v) is 3.76. The quantitative estimate of drug-likeness (QED) is 0.811. The molecule has 0 radical (unpaired) electrons. The molecule has 1 aliphatic heterocycles. The Morgan fingerprint density at radius 1 is 0.952 bits per heavy atom. The summed E-state index contributed by atoms with van der Waals surface area (Å²) < 4.78 is 5.49. The van der Waals surface area contributed by atoms with Crippen LogP contribution in [0.1, 0.15) is 17.1 Å². The second kappa shape index (κ2) is 6.04. The first-order valence-electron chi connectivity index (χ1n) is 7.38. The van der Waals surface area contributed by atoms with Gasteiger partial charge in [0.2, 0.25) is 0 Å². The summed E-state index contributed by atoms with van der Waals surface area (Å²) in [6.45, 7) is 7.92. The predicted octanol–water partition coefficient (Wildman–Crippen LogP) is 3.05. The van der Waals surface area contributed by atoms with Crippen LogP contribution in [0.15, 0.2) is 45.9 Å². The van der Waals surface area contributed by atoms with E-state index in [1.54, 1.807) is 6.21 Å². The van der Waals surface area contributed by atoms with Crippen LogP contribution in [0.5, 0.6) is 0 Å². The summed E-state index contributed by atoms with van der Waals surface area (Å²) in [6.07, 6.45) is 1.80. The van der Waals surface area contributed by atoms with Crippen molar-refractivity contribution in [2.24, 2.45) is 5.10 Å². The van der Waals surface area contributed by atoms with Crippen LogP contribution in [0, 0.1) is 13.8 Å². The van der Waals surface area contributed by atoms with E-state index < -0.39 is 0 Å². The van der Waals surface area contributed by atoms with Crippen molar-refractivity contribution < 1.29 is 4.42 Å². The molecule has 2 aromatic rings. The molecule has 2 heterocycles. The zero-order chi connectivity index (χ0) is 14.7. The van der Waals surface area contributed by atoms with E-state index in [-0.39, 0.29) is 0 Å². The van der Waals surface area contributed by atoms with E-state index in [1.165, 1.54) is 11.3 Å². The highest BCUT2D eigenvalue weighted by molar-refractivity contribution is 5.75. The fourth-order valence-corrected chi connectivity index (χ4v) is 2.49. The lowest BCUT2D eigenvalue weighted by Crippen LogP contribution is -2.44. The Morgan fingerprint density at radius 2 is 1.67 bits per heavy atom. The summed E-state index contributed by atoms with van der Waals surface area (Å²) in [5, 5.41) is 6.60. The molecule has 4 heteroatoms. The van der Waals surface area contributed by atoms with Crippen molar-refractivity contribution in [1.29, 1.82) is 0 Å². The number of rotatable bonds is 3. The van der Waals surface area contributed by atoms with Crippen molar-refractivity contribution in [1.82, 2.24) is 5.01 Å². The smallest absolute Gasteiger partial charge is 0.147 e. The number of furan rings is 1. The van der Waals surface area contributed by atoms with E-state index in [1.807, 2.05) is 19.1 Å². The SMILES string of the molecule is Cc1ccc(N2CCN(/N=C\c3ccc(C)o3)CC2)cc1. The molecule has 110 valence electrons. The van der Waals surface area contributed by atoms with Gasteiger partial charge in [0.05, 0.1) is 19.3 Å². The van der Waals surface area contributed by atoms with E-state index in [2.05, 4.69) is 46.2 Å². The maximum absolute atomic E-state index is 5.49. The molecule has 3 rings (SSSR count). The van der Waals surface area contributed by atoms with Gasteiger partial charge in [-0.15, -0.1) is 0 Å². The van der Waals surface area contributed by atoms with Crippen LogP contribution in [0.2, 0.25) is 0 Å². The topological polar surface area (TPSA) is 32.0 Å². The van der Waals surface area contributed by atoms with Crippen LogP contribution in [0.4, 0.5) is 5.69 Å². The lowest BCUT2D eigenvalue weighted by atomic mass is 10.2. The molecule has 1 aromatic heterocycles. The normalized spacial score (nSPS) is 15.9. The zero-order valence-corrected chi connectivity index (χ0v) is 12.6. The highest BCUT2D eigenvalue weighted by Gasteiger charge is 2.15.